The number of aliphatic hydroxyl groups excluding tert-OH is 1. The van der Waals surface area contributed by atoms with Crippen LogP contribution in [-0.2, 0) is 19.6 Å². The molecule has 2 aromatic rings. The number of aromatic amines is 1. The van der Waals surface area contributed by atoms with Gasteiger partial charge in [-0.15, -0.1) is 0 Å². The molecule has 2 heterocycles. The fourth-order valence-corrected chi connectivity index (χ4v) is 2.10. The first kappa shape index (κ1) is 17.7. The Balaban J connectivity index is 2.17. The van der Waals surface area contributed by atoms with Gasteiger partial charge in [-0.05, 0) is 18.1 Å². The summed E-state index contributed by atoms with van der Waals surface area (Å²) in [5.74, 6) is -0.995. The molecule has 0 radical (unpaired) electrons. The van der Waals surface area contributed by atoms with Crippen molar-refractivity contribution in [2.45, 2.75) is 18.6 Å². The summed E-state index contributed by atoms with van der Waals surface area (Å²) in [6.07, 6.45) is -0.770. The topological polar surface area (TPSA) is 100 Å². The fourth-order valence-electron chi connectivity index (χ4n) is 2.10. The largest absolute Gasteiger partial charge is 0.417 e. The van der Waals surface area contributed by atoms with Crippen LogP contribution in [0, 0.1) is 0 Å². The van der Waals surface area contributed by atoms with E-state index in [1.54, 1.807) is 13.2 Å². The van der Waals surface area contributed by atoms with Crippen LogP contribution in [-0.4, -0.2) is 38.4 Å². The highest BCUT2D eigenvalue weighted by Gasteiger charge is 2.32. The average molecular weight is 344 g/mol. The maximum atomic E-state index is 12.7. The van der Waals surface area contributed by atoms with Gasteiger partial charge in [0.1, 0.15) is 5.56 Å². The third kappa shape index (κ3) is 4.22. The lowest BCUT2D eigenvalue weighted by Crippen LogP contribution is -2.41. The van der Waals surface area contributed by atoms with Gasteiger partial charge in [0.15, 0.2) is 0 Å². The van der Waals surface area contributed by atoms with Crippen LogP contribution < -0.4 is 10.9 Å². The summed E-state index contributed by atoms with van der Waals surface area (Å²) in [6.45, 7) is -0.447. The smallest absolute Gasteiger partial charge is 0.394 e. The predicted molar refractivity (Wildman–Crippen MR) is 77.3 cm³/mol. The highest BCUT2D eigenvalue weighted by molar-refractivity contribution is 5.94. The van der Waals surface area contributed by atoms with Crippen molar-refractivity contribution in [3.8, 4) is 0 Å². The molecule has 0 spiro atoms. The second-order valence-corrected chi connectivity index (χ2v) is 5.21. The monoisotopic (exact) mass is 344 g/mol. The number of carbonyl (C=O) groups is 1. The lowest BCUT2D eigenvalue weighted by atomic mass is 10.1. The van der Waals surface area contributed by atoms with Crippen LogP contribution >= 0.6 is 0 Å². The molecule has 7 nitrogen and oxygen atoms in total. The molecule has 24 heavy (non-hydrogen) atoms. The molecule has 1 atom stereocenters. The number of aryl methyl sites for hydroxylation is 1. The number of rotatable bonds is 5. The molecule has 0 aromatic carbocycles. The predicted octanol–water partition coefficient (Wildman–Crippen LogP) is 0.461. The van der Waals surface area contributed by atoms with E-state index in [1.165, 1.54) is 10.9 Å². The van der Waals surface area contributed by atoms with Crippen LogP contribution in [0.25, 0.3) is 0 Å². The van der Waals surface area contributed by atoms with Crippen molar-refractivity contribution in [2.75, 3.05) is 6.61 Å². The maximum Gasteiger partial charge on any atom is 0.417 e. The normalized spacial score (nSPS) is 12.9. The second-order valence-electron chi connectivity index (χ2n) is 5.21. The zero-order valence-corrected chi connectivity index (χ0v) is 12.6. The minimum absolute atomic E-state index is 0.215. The molecule has 130 valence electrons. The molecular weight excluding hydrogens is 329 g/mol. The Morgan fingerprint density at radius 2 is 2.21 bits per heavy atom. The molecule has 0 bridgehead atoms. The number of aromatic nitrogens is 3. The first-order valence-electron chi connectivity index (χ1n) is 6.90. The molecule has 0 aliphatic heterocycles. The number of pyridine rings is 1. The van der Waals surface area contributed by atoms with Crippen molar-refractivity contribution in [2.24, 2.45) is 7.05 Å². The molecule has 1 unspecified atom stereocenters. The minimum Gasteiger partial charge on any atom is -0.394 e. The molecule has 10 heteroatoms. The summed E-state index contributed by atoms with van der Waals surface area (Å²) in [5.41, 5.74) is -2.04. The molecule has 0 fully saturated rings. The van der Waals surface area contributed by atoms with Crippen LogP contribution in [0.2, 0.25) is 0 Å². The van der Waals surface area contributed by atoms with Crippen molar-refractivity contribution >= 4 is 5.91 Å². The Bertz CT molecular complexity index is 782. The van der Waals surface area contributed by atoms with Gasteiger partial charge >= 0.3 is 6.18 Å². The van der Waals surface area contributed by atoms with Crippen LogP contribution in [0.4, 0.5) is 13.2 Å². The third-order valence-electron chi connectivity index (χ3n) is 3.27. The van der Waals surface area contributed by atoms with E-state index < -0.39 is 41.4 Å². The standard InChI is InChI=1S/C14H15F3N4O3/c1-21-6-8(4-19-21)2-10(7-22)20-13(24)11-3-9(14(15,16)17)5-18-12(11)23/h3-6,10,22H,2,7H2,1H3,(H,18,23)(H,20,24). The Labute approximate surface area is 134 Å². The van der Waals surface area contributed by atoms with Crippen molar-refractivity contribution < 1.29 is 23.1 Å². The number of halogens is 3. The van der Waals surface area contributed by atoms with Crippen LogP contribution in [0.3, 0.4) is 0 Å². The number of hydrogen-bond acceptors (Lipinski definition) is 4. The fraction of sp³-hybridized carbons (Fsp3) is 0.357. The minimum atomic E-state index is -4.69. The lowest BCUT2D eigenvalue weighted by Gasteiger charge is -2.15. The molecular formula is C14H15F3N4O3. The van der Waals surface area contributed by atoms with E-state index in [2.05, 4.69) is 10.4 Å². The van der Waals surface area contributed by atoms with E-state index in [0.29, 0.717) is 12.3 Å². The molecule has 2 aromatic heterocycles. The SMILES string of the molecule is Cn1cc(CC(CO)NC(=O)c2cc(C(F)(F)F)c[nH]c2=O)cn1. The number of aliphatic hydroxyl groups is 1. The van der Waals surface area contributed by atoms with E-state index in [9.17, 15) is 27.9 Å². The van der Waals surface area contributed by atoms with E-state index in [-0.39, 0.29) is 6.42 Å². The van der Waals surface area contributed by atoms with Gasteiger partial charge in [0, 0.05) is 19.4 Å². The number of hydrogen-bond donors (Lipinski definition) is 3. The van der Waals surface area contributed by atoms with E-state index >= 15 is 0 Å². The molecule has 0 saturated carbocycles. The van der Waals surface area contributed by atoms with Crippen molar-refractivity contribution in [3.05, 3.63) is 51.7 Å². The van der Waals surface area contributed by atoms with Crippen molar-refractivity contribution in [1.29, 1.82) is 0 Å². The Morgan fingerprint density at radius 1 is 1.50 bits per heavy atom. The number of nitrogens with one attached hydrogen (secondary N) is 2. The van der Waals surface area contributed by atoms with Gasteiger partial charge in [-0.2, -0.15) is 18.3 Å². The molecule has 0 saturated heterocycles. The quantitative estimate of drug-likeness (QED) is 0.734. The summed E-state index contributed by atoms with van der Waals surface area (Å²) in [5, 5.41) is 15.6. The third-order valence-corrected chi connectivity index (χ3v) is 3.27. The Kier molecular flexibility index (Phi) is 5.07. The van der Waals surface area contributed by atoms with Gasteiger partial charge in [0.05, 0.1) is 24.4 Å². The van der Waals surface area contributed by atoms with E-state index in [1.807, 2.05) is 4.98 Å². The second kappa shape index (κ2) is 6.87. The number of amides is 1. The molecule has 3 N–H and O–H groups in total. The summed E-state index contributed by atoms with van der Waals surface area (Å²) in [4.78, 5) is 25.6. The number of alkyl halides is 3. The zero-order chi connectivity index (χ0) is 17.9. The van der Waals surface area contributed by atoms with Crippen LogP contribution in [0.1, 0.15) is 21.5 Å². The summed E-state index contributed by atoms with van der Waals surface area (Å²) >= 11 is 0. The van der Waals surface area contributed by atoms with Gasteiger partial charge < -0.3 is 15.4 Å². The number of carbonyl (C=O) groups excluding carboxylic acids is 1. The number of nitrogens with zero attached hydrogens (tertiary/aromatic N) is 2. The van der Waals surface area contributed by atoms with Gasteiger partial charge in [-0.25, -0.2) is 0 Å². The van der Waals surface area contributed by atoms with Crippen molar-refractivity contribution in [1.82, 2.24) is 20.1 Å². The van der Waals surface area contributed by atoms with Gasteiger partial charge in [0.2, 0.25) is 0 Å². The Hall–Kier alpha value is -2.62. The van der Waals surface area contributed by atoms with Gasteiger partial charge in [-0.3, -0.25) is 14.3 Å². The van der Waals surface area contributed by atoms with Crippen LogP contribution in [0.5, 0.6) is 0 Å². The first-order valence-corrected chi connectivity index (χ1v) is 6.90. The molecule has 0 aliphatic carbocycles. The number of H-pyrrole nitrogens is 1. The zero-order valence-electron chi connectivity index (χ0n) is 12.6. The Morgan fingerprint density at radius 3 is 2.75 bits per heavy atom. The average Bonchev–Trinajstić information content (AvgIpc) is 2.90. The van der Waals surface area contributed by atoms with Gasteiger partial charge in [0.25, 0.3) is 11.5 Å². The molecule has 0 aliphatic rings. The first-order chi connectivity index (χ1) is 11.2. The highest BCUT2D eigenvalue weighted by Crippen LogP contribution is 2.28. The van der Waals surface area contributed by atoms with Gasteiger partial charge in [-0.1, -0.05) is 0 Å². The molecule has 2 rings (SSSR count). The molecule has 1 amide bonds. The maximum absolute atomic E-state index is 12.7. The van der Waals surface area contributed by atoms with Crippen LogP contribution in [0.15, 0.2) is 29.5 Å². The summed E-state index contributed by atoms with van der Waals surface area (Å²) in [6, 6.07) is -0.289. The summed E-state index contributed by atoms with van der Waals surface area (Å²) < 4.78 is 39.6. The van der Waals surface area contributed by atoms with E-state index in [0.717, 1.165) is 5.56 Å². The highest BCUT2D eigenvalue weighted by atomic mass is 19.4. The summed E-state index contributed by atoms with van der Waals surface area (Å²) in [7, 11) is 1.69. The van der Waals surface area contributed by atoms with Crippen molar-refractivity contribution in [3.63, 3.8) is 0 Å². The van der Waals surface area contributed by atoms with E-state index in [4.69, 9.17) is 0 Å². The lowest BCUT2D eigenvalue weighted by molar-refractivity contribution is -0.137.